The molecule has 0 atom stereocenters. The number of nitrogens with one attached hydrogen (secondary N) is 1. The molecule has 0 aliphatic heterocycles. The van der Waals surface area contributed by atoms with Crippen molar-refractivity contribution in [2.45, 2.75) is 27.2 Å². The topological polar surface area (TPSA) is 41.6 Å². The normalized spacial score (nSPS) is 9.46. The van der Waals surface area contributed by atoms with Gasteiger partial charge >= 0.3 is 0 Å². The van der Waals surface area contributed by atoms with E-state index in [-0.39, 0.29) is 1.43 Å². The molecule has 0 radical (unpaired) electrons. The molecule has 2 heterocycles. The number of fused-ring (bicyclic) bond motifs is 1. The Morgan fingerprint density at radius 2 is 2.15 bits per heavy atom. The maximum absolute atomic E-state index is 4.11. The average Bonchev–Trinajstić information content (AvgIpc) is 2.54. The number of rotatable bonds is 0. The minimum absolute atomic E-state index is 0. The summed E-state index contributed by atoms with van der Waals surface area (Å²) in [5.74, 6) is 0. The average molecular weight is 179 g/mol. The number of H-pyrrole nitrogens is 1. The monoisotopic (exact) mass is 179 g/mol. The van der Waals surface area contributed by atoms with Gasteiger partial charge in [0.1, 0.15) is 5.52 Å². The number of hydrogen-bond donors (Lipinski definition) is 1. The molecule has 0 fully saturated rings. The number of aryl methyl sites for hydroxylation is 1. The highest BCUT2D eigenvalue weighted by Crippen LogP contribution is 2.10. The van der Waals surface area contributed by atoms with Crippen molar-refractivity contribution < 1.29 is 1.43 Å². The van der Waals surface area contributed by atoms with E-state index in [1.165, 1.54) is 12.0 Å². The third kappa shape index (κ3) is 2.28. The lowest BCUT2D eigenvalue weighted by Gasteiger charge is -1.90. The molecule has 2 aromatic rings. The zero-order chi connectivity index (χ0) is 9.68. The molecule has 0 saturated heterocycles. The van der Waals surface area contributed by atoms with Crippen LogP contribution < -0.4 is 0 Å². The number of nitrogens with zero attached hydrogens (tertiary/aromatic N) is 2. The van der Waals surface area contributed by atoms with Crippen LogP contribution in [-0.4, -0.2) is 15.2 Å². The molecular weight excluding hydrogens is 162 g/mol. The third-order valence-electron chi connectivity index (χ3n) is 1.55. The lowest BCUT2D eigenvalue weighted by molar-refractivity contribution is 1.09. The van der Waals surface area contributed by atoms with Gasteiger partial charge in [0.2, 0.25) is 0 Å². The molecule has 0 spiro atoms. The minimum Gasteiger partial charge on any atom is -0.276 e. The molecule has 0 amide bonds. The minimum atomic E-state index is 0. The van der Waals surface area contributed by atoms with E-state index in [0.717, 1.165) is 11.0 Å². The lowest BCUT2D eigenvalue weighted by Crippen LogP contribution is -1.77. The van der Waals surface area contributed by atoms with E-state index in [0.29, 0.717) is 0 Å². The van der Waals surface area contributed by atoms with Gasteiger partial charge < -0.3 is 0 Å². The Bertz CT molecular complexity index is 370. The maximum Gasteiger partial charge on any atom is 0.108 e. The third-order valence-corrected chi connectivity index (χ3v) is 1.55. The van der Waals surface area contributed by atoms with Crippen molar-refractivity contribution in [2.24, 2.45) is 0 Å². The van der Waals surface area contributed by atoms with Gasteiger partial charge in [0.05, 0.1) is 11.7 Å². The first-order valence-corrected chi connectivity index (χ1v) is 4.54. The summed E-state index contributed by atoms with van der Waals surface area (Å²) < 4.78 is 0. The highest BCUT2D eigenvalue weighted by atomic mass is 15.1. The van der Waals surface area contributed by atoms with Gasteiger partial charge in [0.25, 0.3) is 0 Å². The van der Waals surface area contributed by atoms with E-state index >= 15 is 0 Å². The van der Waals surface area contributed by atoms with Crippen LogP contribution in [0.25, 0.3) is 11.0 Å². The second-order valence-corrected chi connectivity index (χ2v) is 2.97. The van der Waals surface area contributed by atoms with Gasteiger partial charge in [-0.1, -0.05) is 20.3 Å². The predicted molar refractivity (Wildman–Crippen MR) is 56.7 cm³/mol. The molecule has 0 aliphatic rings. The van der Waals surface area contributed by atoms with Crippen molar-refractivity contribution in [3.63, 3.8) is 0 Å². The summed E-state index contributed by atoms with van der Waals surface area (Å²) in [6, 6.07) is 1.96. The molecule has 0 unspecified atom stereocenters. The van der Waals surface area contributed by atoms with Gasteiger partial charge in [-0.05, 0) is 18.6 Å². The summed E-state index contributed by atoms with van der Waals surface area (Å²) >= 11 is 0. The fourth-order valence-corrected chi connectivity index (χ4v) is 0.981. The maximum atomic E-state index is 4.11. The molecule has 0 saturated carbocycles. The second-order valence-electron chi connectivity index (χ2n) is 2.97. The summed E-state index contributed by atoms with van der Waals surface area (Å²) in [6.07, 6.45) is 4.76. The van der Waals surface area contributed by atoms with Gasteiger partial charge in [-0.3, -0.25) is 10.1 Å². The highest BCUT2D eigenvalue weighted by Gasteiger charge is 1.96. The molecule has 13 heavy (non-hydrogen) atoms. The predicted octanol–water partition coefficient (Wildman–Crippen LogP) is 2.93. The van der Waals surface area contributed by atoms with Crippen molar-refractivity contribution in [1.29, 1.82) is 0 Å². The fourth-order valence-electron chi connectivity index (χ4n) is 0.981. The Balaban J connectivity index is 0.000000381. The van der Waals surface area contributed by atoms with Crippen molar-refractivity contribution in [1.82, 2.24) is 15.2 Å². The van der Waals surface area contributed by atoms with E-state index in [4.69, 9.17) is 0 Å². The van der Waals surface area contributed by atoms with Crippen molar-refractivity contribution in [3.8, 4) is 0 Å². The van der Waals surface area contributed by atoms with Gasteiger partial charge in [0.15, 0.2) is 0 Å². The zero-order valence-electron chi connectivity index (χ0n) is 8.33. The van der Waals surface area contributed by atoms with Crippen LogP contribution in [0.1, 0.15) is 27.3 Å². The molecule has 2 aromatic heterocycles. The van der Waals surface area contributed by atoms with Gasteiger partial charge in [0, 0.05) is 7.62 Å². The second kappa shape index (κ2) is 4.60. The van der Waals surface area contributed by atoms with Crippen molar-refractivity contribution in [2.75, 3.05) is 0 Å². The Labute approximate surface area is 79.7 Å². The largest absolute Gasteiger partial charge is 0.276 e. The van der Waals surface area contributed by atoms with E-state index < -0.39 is 0 Å². The number of aromatic nitrogens is 3. The first-order chi connectivity index (χ1) is 6.29. The van der Waals surface area contributed by atoms with Crippen LogP contribution in [0.2, 0.25) is 0 Å². The molecule has 2 rings (SSSR count). The molecule has 3 nitrogen and oxygen atoms in total. The summed E-state index contributed by atoms with van der Waals surface area (Å²) in [7, 11) is 0. The highest BCUT2D eigenvalue weighted by molar-refractivity contribution is 5.76. The molecule has 72 valence electrons. The summed E-state index contributed by atoms with van der Waals surface area (Å²) in [6.45, 7) is 6.28. The van der Waals surface area contributed by atoms with Gasteiger partial charge in [-0.25, -0.2) is 0 Å². The summed E-state index contributed by atoms with van der Waals surface area (Å²) in [5.41, 5.74) is 3.14. The Morgan fingerprint density at radius 3 is 2.77 bits per heavy atom. The Morgan fingerprint density at radius 1 is 1.46 bits per heavy atom. The van der Waals surface area contributed by atoms with Crippen LogP contribution in [0.5, 0.6) is 0 Å². The van der Waals surface area contributed by atoms with Crippen LogP contribution in [0.15, 0.2) is 18.5 Å². The van der Waals surface area contributed by atoms with Crippen LogP contribution in [-0.2, 0) is 0 Å². The number of hydrogen-bond acceptors (Lipinski definition) is 2. The molecule has 1 N–H and O–H groups in total. The Hall–Kier alpha value is -1.38. The van der Waals surface area contributed by atoms with Crippen LogP contribution in [0, 0.1) is 6.92 Å². The zero-order valence-corrected chi connectivity index (χ0v) is 8.33. The van der Waals surface area contributed by atoms with E-state index in [1.807, 2.05) is 13.0 Å². The summed E-state index contributed by atoms with van der Waals surface area (Å²) in [5, 5.41) is 6.75. The lowest BCUT2D eigenvalue weighted by atomic mass is 10.2. The standard InChI is InChI=1S/C7H7N3.C3H8.H2/c1-5-2-3-8-6-4-9-10-7(5)6;1-3-2;/h2-4H,1H3,(H,9,10);3H2,1-2H3;1H. The SMILES string of the molecule is CCC.Cc1ccnc2cn[nH]c12.[HH]. The molecule has 0 aromatic carbocycles. The first-order valence-electron chi connectivity index (χ1n) is 4.54. The van der Waals surface area contributed by atoms with Crippen LogP contribution in [0.3, 0.4) is 0 Å². The van der Waals surface area contributed by atoms with E-state index in [2.05, 4.69) is 29.0 Å². The van der Waals surface area contributed by atoms with Gasteiger partial charge in [-0.15, -0.1) is 0 Å². The quantitative estimate of drug-likeness (QED) is 0.675. The van der Waals surface area contributed by atoms with E-state index in [9.17, 15) is 0 Å². The Kier molecular flexibility index (Phi) is 3.43. The molecular formula is C10H17N3. The fraction of sp³-hybridized carbons (Fsp3) is 0.400. The number of pyridine rings is 1. The van der Waals surface area contributed by atoms with Crippen molar-refractivity contribution >= 4 is 11.0 Å². The van der Waals surface area contributed by atoms with E-state index in [1.54, 1.807) is 12.4 Å². The van der Waals surface area contributed by atoms with Crippen molar-refractivity contribution in [3.05, 3.63) is 24.0 Å². The number of aromatic amines is 1. The molecule has 0 aliphatic carbocycles. The van der Waals surface area contributed by atoms with Crippen LogP contribution >= 0.6 is 0 Å². The molecule has 0 bridgehead atoms. The van der Waals surface area contributed by atoms with Gasteiger partial charge in [-0.2, -0.15) is 5.10 Å². The smallest absolute Gasteiger partial charge is 0.108 e. The first kappa shape index (κ1) is 9.71. The summed E-state index contributed by atoms with van der Waals surface area (Å²) in [4.78, 5) is 4.11. The van der Waals surface area contributed by atoms with Crippen LogP contribution in [0.4, 0.5) is 0 Å². The molecule has 3 heteroatoms.